The van der Waals surface area contributed by atoms with Crippen LogP contribution in [0.4, 0.5) is 0 Å². The molecule has 0 radical (unpaired) electrons. The van der Waals surface area contributed by atoms with Crippen molar-refractivity contribution in [2.45, 2.75) is 207 Å². The number of unbranched alkanes of at least 4 members (excludes halogenated alkanes) is 19. The highest BCUT2D eigenvalue weighted by atomic mass is 16.5. The zero-order valence-corrected chi connectivity index (χ0v) is 34.7. The number of nitrogens with zero attached hydrogens (tertiary/aromatic N) is 3. The highest BCUT2D eigenvalue weighted by molar-refractivity contribution is 5.70. The van der Waals surface area contributed by atoms with Crippen LogP contribution in [-0.4, -0.2) is 98.8 Å². The maximum absolute atomic E-state index is 13.2. The molecule has 0 aromatic heterocycles. The average Bonchev–Trinajstić information content (AvgIpc) is 3.13. The third-order valence-electron chi connectivity index (χ3n) is 10.9. The molecule has 7 nitrogen and oxygen atoms in total. The van der Waals surface area contributed by atoms with Crippen LogP contribution in [0.25, 0.3) is 0 Å². The number of ether oxygens (including phenoxy) is 2. The van der Waals surface area contributed by atoms with Gasteiger partial charge in [-0.05, 0) is 78.0 Å². The van der Waals surface area contributed by atoms with Gasteiger partial charge in [-0.25, -0.2) is 0 Å². The lowest BCUT2D eigenvalue weighted by molar-refractivity contribution is -0.150. The number of piperazine rings is 1. The van der Waals surface area contributed by atoms with Gasteiger partial charge in [0, 0.05) is 39.1 Å². The summed E-state index contributed by atoms with van der Waals surface area (Å²) in [5.41, 5.74) is 0. The normalized spacial score (nSPS) is 14.2. The van der Waals surface area contributed by atoms with Crippen LogP contribution in [0.5, 0.6) is 0 Å². The Kier molecular flexibility index (Phi) is 33.6. The van der Waals surface area contributed by atoms with E-state index in [4.69, 9.17) is 9.47 Å². The third kappa shape index (κ3) is 30.9. The Morgan fingerprint density at radius 2 is 1.02 bits per heavy atom. The highest BCUT2D eigenvalue weighted by Gasteiger charge is 2.17. The lowest BCUT2D eigenvalue weighted by Crippen LogP contribution is -2.44. The van der Waals surface area contributed by atoms with E-state index in [0.29, 0.717) is 26.0 Å². The van der Waals surface area contributed by atoms with Gasteiger partial charge >= 0.3 is 11.9 Å². The van der Waals surface area contributed by atoms with Crippen molar-refractivity contribution < 1.29 is 19.1 Å². The molecule has 0 spiro atoms. The Morgan fingerprint density at radius 1 is 0.529 bits per heavy atom. The molecule has 1 rings (SSSR count). The number of rotatable bonds is 37. The molecule has 302 valence electrons. The predicted molar refractivity (Wildman–Crippen MR) is 218 cm³/mol. The number of carbonyl (C=O) groups excluding carboxylic acids is 2. The van der Waals surface area contributed by atoms with Gasteiger partial charge in [0.05, 0.1) is 13.0 Å². The van der Waals surface area contributed by atoms with E-state index in [2.05, 4.69) is 42.5 Å². The molecule has 0 bridgehead atoms. The lowest BCUT2D eigenvalue weighted by Gasteiger charge is -2.32. The van der Waals surface area contributed by atoms with Crippen LogP contribution in [0.1, 0.15) is 201 Å². The summed E-state index contributed by atoms with van der Waals surface area (Å²) in [6.07, 6.45) is 32.6. The van der Waals surface area contributed by atoms with Gasteiger partial charge in [0.1, 0.15) is 6.10 Å². The summed E-state index contributed by atoms with van der Waals surface area (Å²) in [6, 6.07) is 0. The first-order chi connectivity index (χ1) is 25.0. The molecule has 0 aromatic rings. The maximum Gasteiger partial charge on any atom is 0.307 e. The van der Waals surface area contributed by atoms with Gasteiger partial charge in [0.25, 0.3) is 0 Å². The lowest BCUT2D eigenvalue weighted by atomic mass is 10.0. The first-order valence-electron chi connectivity index (χ1n) is 22.5. The predicted octanol–water partition coefficient (Wildman–Crippen LogP) is 11.0. The van der Waals surface area contributed by atoms with E-state index < -0.39 is 0 Å². The van der Waals surface area contributed by atoms with Gasteiger partial charge in [-0.2, -0.15) is 0 Å². The summed E-state index contributed by atoms with van der Waals surface area (Å²) in [4.78, 5) is 33.1. The summed E-state index contributed by atoms with van der Waals surface area (Å²) >= 11 is 0. The van der Waals surface area contributed by atoms with Crippen molar-refractivity contribution in [2.24, 2.45) is 0 Å². The molecule has 1 saturated heterocycles. The third-order valence-corrected chi connectivity index (χ3v) is 10.9. The largest absolute Gasteiger partial charge is 0.466 e. The minimum absolute atomic E-state index is 0.0419. The zero-order valence-electron chi connectivity index (χ0n) is 34.7. The Bertz CT molecular complexity index is 757. The Labute approximate surface area is 317 Å². The smallest absolute Gasteiger partial charge is 0.307 e. The molecule has 0 unspecified atom stereocenters. The monoisotopic (exact) mass is 722 g/mol. The van der Waals surface area contributed by atoms with Gasteiger partial charge in [0.2, 0.25) is 0 Å². The van der Waals surface area contributed by atoms with E-state index in [-0.39, 0.29) is 18.0 Å². The molecule has 1 heterocycles. The van der Waals surface area contributed by atoms with Crippen molar-refractivity contribution in [3.05, 3.63) is 0 Å². The van der Waals surface area contributed by atoms with Crippen LogP contribution in [0.15, 0.2) is 0 Å². The fourth-order valence-corrected chi connectivity index (χ4v) is 7.26. The van der Waals surface area contributed by atoms with Crippen LogP contribution < -0.4 is 0 Å². The quantitative estimate of drug-likeness (QED) is 0.0467. The number of hydrogen-bond acceptors (Lipinski definition) is 7. The molecule has 0 N–H and O–H groups in total. The molecule has 51 heavy (non-hydrogen) atoms. The molecule has 1 aliphatic rings. The van der Waals surface area contributed by atoms with Crippen LogP contribution in [-0.2, 0) is 19.1 Å². The second-order valence-electron chi connectivity index (χ2n) is 15.8. The summed E-state index contributed by atoms with van der Waals surface area (Å²) in [6.45, 7) is 15.6. The Hall–Kier alpha value is -1.18. The fraction of sp³-hybridized carbons (Fsp3) is 0.955. The zero-order chi connectivity index (χ0) is 37.0. The Balaban J connectivity index is 2.48. The molecule has 7 heteroatoms. The maximum atomic E-state index is 13.2. The van der Waals surface area contributed by atoms with E-state index in [1.54, 1.807) is 0 Å². The van der Waals surface area contributed by atoms with Gasteiger partial charge in [-0.15, -0.1) is 0 Å². The minimum Gasteiger partial charge on any atom is -0.466 e. The second-order valence-corrected chi connectivity index (χ2v) is 15.8. The minimum atomic E-state index is -0.0729. The topological polar surface area (TPSA) is 62.3 Å². The van der Waals surface area contributed by atoms with Gasteiger partial charge < -0.3 is 24.2 Å². The molecular formula is C44H87N3O4. The second kappa shape index (κ2) is 35.8. The summed E-state index contributed by atoms with van der Waals surface area (Å²) in [5, 5.41) is 0. The van der Waals surface area contributed by atoms with Gasteiger partial charge in [-0.1, -0.05) is 136 Å². The van der Waals surface area contributed by atoms with E-state index >= 15 is 0 Å². The Morgan fingerprint density at radius 3 is 1.57 bits per heavy atom. The van der Waals surface area contributed by atoms with Crippen LogP contribution in [0.2, 0.25) is 0 Å². The summed E-state index contributed by atoms with van der Waals surface area (Å²) in [7, 11) is 2.21. The van der Waals surface area contributed by atoms with Crippen molar-refractivity contribution in [3.63, 3.8) is 0 Å². The molecule has 0 amide bonds. The molecule has 0 saturated carbocycles. The number of esters is 2. The summed E-state index contributed by atoms with van der Waals surface area (Å²) < 4.78 is 11.7. The van der Waals surface area contributed by atoms with E-state index in [0.717, 1.165) is 97.2 Å². The van der Waals surface area contributed by atoms with Crippen molar-refractivity contribution in [1.29, 1.82) is 0 Å². The highest BCUT2D eigenvalue weighted by Crippen LogP contribution is 2.18. The average molecular weight is 722 g/mol. The molecule has 0 aliphatic carbocycles. The SMILES string of the molecule is CCCCCCCCCCCOC(=O)CCCN(CCCCN1CCN(C)CC1)CCC(=O)OC(CCCCCCCC)CCCCCCCC. The fourth-order valence-electron chi connectivity index (χ4n) is 7.26. The first-order valence-corrected chi connectivity index (χ1v) is 22.5. The van der Waals surface area contributed by atoms with E-state index in [1.165, 1.54) is 116 Å². The van der Waals surface area contributed by atoms with Crippen LogP contribution >= 0.6 is 0 Å². The first kappa shape index (κ1) is 47.8. The van der Waals surface area contributed by atoms with Crippen molar-refractivity contribution in [1.82, 2.24) is 14.7 Å². The van der Waals surface area contributed by atoms with Gasteiger partial charge in [0.15, 0.2) is 0 Å². The number of carbonyl (C=O) groups is 2. The van der Waals surface area contributed by atoms with Crippen molar-refractivity contribution in [2.75, 3.05) is 66.0 Å². The van der Waals surface area contributed by atoms with E-state index in [9.17, 15) is 9.59 Å². The van der Waals surface area contributed by atoms with Gasteiger partial charge in [-0.3, -0.25) is 9.59 Å². The number of likely N-dealkylation sites (N-methyl/N-ethyl adjacent to an activating group) is 1. The van der Waals surface area contributed by atoms with Crippen molar-refractivity contribution >= 4 is 11.9 Å². The molecular weight excluding hydrogens is 635 g/mol. The standard InChI is InChI=1S/C44H87N3O4/c1-5-8-11-14-17-18-19-22-27-41-50-43(48)31-28-35-46(33-25-26-34-47-39-37-45(4)38-40-47)36-32-44(49)51-42(29-23-20-15-12-9-6-2)30-24-21-16-13-10-7-3/h42H,5-41H2,1-4H3. The van der Waals surface area contributed by atoms with Crippen LogP contribution in [0.3, 0.4) is 0 Å². The summed E-state index contributed by atoms with van der Waals surface area (Å²) in [5.74, 6) is -0.115. The van der Waals surface area contributed by atoms with Crippen molar-refractivity contribution in [3.8, 4) is 0 Å². The molecule has 0 aromatic carbocycles. The molecule has 0 atom stereocenters. The van der Waals surface area contributed by atoms with E-state index in [1.807, 2.05) is 0 Å². The number of hydrogen-bond donors (Lipinski definition) is 0. The van der Waals surface area contributed by atoms with Crippen LogP contribution in [0, 0.1) is 0 Å². The molecule has 1 fully saturated rings. The molecule has 1 aliphatic heterocycles.